The zero-order chi connectivity index (χ0) is 34.6. The van der Waals surface area contributed by atoms with Crippen molar-refractivity contribution in [2.24, 2.45) is 5.92 Å². The van der Waals surface area contributed by atoms with E-state index in [1.54, 1.807) is 0 Å². The summed E-state index contributed by atoms with van der Waals surface area (Å²) in [7, 11) is 2.15. The van der Waals surface area contributed by atoms with Crippen molar-refractivity contribution in [1.82, 2.24) is 20.2 Å². The van der Waals surface area contributed by atoms with Crippen molar-refractivity contribution in [1.29, 1.82) is 0 Å². The second kappa shape index (κ2) is 14.9. The number of para-hydroxylation sites is 2. The molecule has 1 aliphatic rings. The van der Waals surface area contributed by atoms with Crippen molar-refractivity contribution in [2.75, 3.05) is 13.6 Å². The zero-order valence-corrected chi connectivity index (χ0v) is 28.6. The van der Waals surface area contributed by atoms with E-state index in [4.69, 9.17) is 9.47 Å². The van der Waals surface area contributed by atoms with Crippen LogP contribution in [0.4, 0.5) is 0 Å². The SMILES string of the molecule is C[C@H]1[C@@H](CN(C)[C@H](C)c2ccc3ccccc3c2)O[C@@H](c2ccc(CNC(=O)c3cnc4ccccc4n3)cc2)O[C@H]1c1ccc(CO)cc1. The first-order valence-electron chi connectivity index (χ1n) is 17.1. The summed E-state index contributed by atoms with van der Waals surface area (Å²) >= 11 is 0. The number of ether oxygens (including phenoxy) is 2. The number of nitrogens with zero attached hydrogens (tertiary/aromatic N) is 3. The molecule has 8 nitrogen and oxygen atoms in total. The fourth-order valence-electron chi connectivity index (χ4n) is 6.62. The lowest BCUT2D eigenvalue weighted by molar-refractivity contribution is -0.276. The summed E-state index contributed by atoms with van der Waals surface area (Å²) in [6.07, 6.45) is 0.590. The second-order valence-corrected chi connectivity index (χ2v) is 13.2. The molecule has 254 valence electrons. The first-order chi connectivity index (χ1) is 24.4. The van der Waals surface area contributed by atoms with Crippen LogP contribution in [0.1, 0.15) is 70.6 Å². The molecule has 1 saturated heterocycles. The fraction of sp³-hybridized carbons (Fsp3) is 0.262. The molecule has 50 heavy (non-hydrogen) atoms. The van der Waals surface area contributed by atoms with Crippen LogP contribution in [0, 0.1) is 5.92 Å². The third-order valence-corrected chi connectivity index (χ3v) is 9.89. The van der Waals surface area contributed by atoms with Gasteiger partial charge >= 0.3 is 0 Å². The van der Waals surface area contributed by atoms with Gasteiger partial charge in [0.2, 0.25) is 0 Å². The van der Waals surface area contributed by atoms with E-state index in [1.165, 1.54) is 22.5 Å². The molecule has 1 fully saturated rings. The van der Waals surface area contributed by atoms with Crippen molar-refractivity contribution in [3.63, 3.8) is 0 Å². The Hall–Kier alpha value is -4.99. The highest BCUT2D eigenvalue weighted by Crippen LogP contribution is 2.42. The molecule has 2 heterocycles. The van der Waals surface area contributed by atoms with Crippen LogP contribution < -0.4 is 5.32 Å². The molecule has 1 aliphatic heterocycles. The maximum Gasteiger partial charge on any atom is 0.271 e. The smallest absolute Gasteiger partial charge is 0.271 e. The fourth-order valence-corrected chi connectivity index (χ4v) is 6.62. The summed E-state index contributed by atoms with van der Waals surface area (Å²) in [5, 5.41) is 15.1. The third kappa shape index (κ3) is 7.29. The largest absolute Gasteiger partial charge is 0.392 e. The highest BCUT2D eigenvalue weighted by atomic mass is 16.7. The number of aliphatic hydroxyl groups is 1. The molecule has 2 N–H and O–H groups in total. The first-order valence-corrected chi connectivity index (χ1v) is 17.1. The Morgan fingerprint density at radius 2 is 1.52 bits per heavy atom. The lowest BCUT2D eigenvalue weighted by Gasteiger charge is -2.43. The van der Waals surface area contributed by atoms with Gasteiger partial charge in [0.15, 0.2) is 6.29 Å². The summed E-state index contributed by atoms with van der Waals surface area (Å²) in [6, 6.07) is 38.7. The summed E-state index contributed by atoms with van der Waals surface area (Å²) < 4.78 is 13.4. The summed E-state index contributed by atoms with van der Waals surface area (Å²) in [6.45, 7) is 5.47. The van der Waals surface area contributed by atoms with Gasteiger partial charge in [0.25, 0.3) is 5.91 Å². The number of nitrogens with one attached hydrogen (secondary N) is 1. The molecular formula is C42H42N4O4. The average molecular weight is 667 g/mol. The van der Waals surface area contributed by atoms with E-state index >= 15 is 0 Å². The molecule has 5 atom stereocenters. The number of benzene rings is 5. The highest BCUT2D eigenvalue weighted by molar-refractivity contribution is 5.93. The van der Waals surface area contributed by atoms with Gasteiger partial charge in [-0.3, -0.25) is 14.7 Å². The van der Waals surface area contributed by atoms with E-state index < -0.39 is 6.29 Å². The molecule has 8 heteroatoms. The van der Waals surface area contributed by atoms with E-state index in [0.717, 1.165) is 27.8 Å². The summed E-state index contributed by atoms with van der Waals surface area (Å²) in [5.74, 6) is -0.217. The predicted octanol–water partition coefficient (Wildman–Crippen LogP) is 7.69. The Labute approximate surface area is 292 Å². The lowest BCUT2D eigenvalue weighted by atomic mass is 9.89. The number of aliphatic hydroxyl groups excluding tert-OH is 1. The molecule has 0 radical (unpaired) electrons. The summed E-state index contributed by atoms with van der Waals surface area (Å²) in [4.78, 5) is 24.0. The predicted molar refractivity (Wildman–Crippen MR) is 195 cm³/mol. The lowest BCUT2D eigenvalue weighted by Crippen LogP contribution is -2.44. The maximum atomic E-state index is 12.9. The Balaban J connectivity index is 1.07. The molecule has 6 aromatic rings. The van der Waals surface area contributed by atoms with Crippen molar-refractivity contribution < 1.29 is 19.4 Å². The molecular weight excluding hydrogens is 624 g/mol. The molecule has 0 saturated carbocycles. The number of fused-ring (bicyclic) bond motifs is 2. The summed E-state index contributed by atoms with van der Waals surface area (Å²) in [5.41, 5.74) is 6.73. The third-order valence-electron chi connectivity index (χ3n) is 9.89. The first kappa shape index (κ1) is 33.5. The van der Waals surface area contributed by atoms with Crippen LogP contribution in [0.25, 0.3) is 21.8 Å². The number of amides is 1. The minimum absolute atomic E-state index is 0.00433. The van der Waals surface area contributed by atoms with E-state index in [9.17, 15) is 9.90 Å². The van der Waals surface area contributed by atoms with Crippen LogP contribution in [-0.2, 0) is 22.6 Å². The number of hydrogen-bond acceptors (Lipinski definition) is 7. The van der Waals surface area contributed by atoms with Crippen LogP contribution >= 0.6 is 0 Å². The van der Waals surface area contributed by atoms with Crippen LogP contribution in [0.2, 0.25) is 0 Å². The van der Waals surface area contributed by atoms with Gasteiger partial charge in [0, 0.05) is 30.6 Å². The van der Waals surface area contributed by atoms with Gasteiger partial charge < -0.3 is 19.9 Å². The number of aromatic nitrogens is 2. The Morgan fingerprint density at radius 1 is 0.840 bits per heavy atom. The molecule has 1 amide bonds. The van der Waals surface area contributed by atoms with Gasteiger partial charge in [-0.25, -0.2) is 4.98 Å². The number of carbonyl (C=O) groups is 1. The standard InChI is InChI=1S/C42H42N4O4/c1-27-39(25-46(3)28(2)34-21-20-31-8-4-5-9-35(31)22-34)49-42(50-40(27)32-16-14-30(26-47)15-17-32)33-18-12-29(13-19-33)23-44-41(48)38-24-43-36-10-6-7-11-37(36)45-38/h4-22,24,27-28,39-40,42,47H,23,25-26H2,1-3H3,(H,44,48)/t27-,28+,39+,40+,42+/m0/s1. The van der Waals surface area contributed by atoms with E-state index in [1.807, 2.05) is 72.8 Å². The van der Waals surface area contributed by atoms with E-state index in [0.29, 0.717) is 18.6 Å². The number of likely N-dealkylation sites (N-methyl/N-ethyl adjacent to an activating group) is 1. The molecule has 5 aromatic carbocycles. The van der Waals surface area contributed by atoms with Crippen molar-refractivity contribution in [3.05, 3.63) is 155 Å². The van der Waals surface area contributed by atoms with Gasteiger partial charge in [-0.1, -0.05) is 104 Å². The molecule has 0 unspecified atom stereocenters. The zero-order valence-electron chi connectivity index (χ0n) is 28.6. The average Bonchev–Trinajstić information content (AvgIpc) is 3.17. The topological polar surface area (TPSA) is 96.8 Å². The minimum atomic E-state index is -0.584. The monoisotopic (exact) mass is 666 g/mol. The van der Waals surface area contributed by atoms with Gasteiger partial charge in [-0.15, -0.1) is 0 Å². The maximum absolute atomic E-state index is 12.9. The molecule has 0 spiro atoms. The second-order valence-electron chi connectivity index (χ2n) is 13.2. The quantitative estimate of drug-likeness (QED) is 0.155. The van der Waals surface area contributed by atoms with Gasteiger partial charge in [0.1, 0.15) is 5.69 Å². The van der Waals surface area contributed by atoms with Crippen LogP contribution in [-0.4, -0.2) is 45.6 Å². The number of hydrogen-bond donors (Lipinski definition) is 2. The molecule has 0 bridgehead atoms. The molecule has 1 aromatic heterocycles. The molecule has 0 aliphatic carbocycles. The number of rotatable bonds is 10. The number of carbonyl (C=O) groups excluding carboxylic acids is 1. The van der Waals surface area contributed by atoms with Crippen molar-refractivity contribution >= 4 is 27.7 Å². The Kier molecular flexibility index (Phi) is 9.96. The minimum Gasteiger partial charge on any atom is -0.392 e. The Bertz CT molecular complexity index is 2090. The van der Waals surface area contributed by atoms with Crippen LogP contribution in [0.3, 0.4) is 0 Å². The van der Waals surface area contributed by atoms with E-state index in [2.05, 4.69) is 83.5 Å². The highest BCUT2D eigenvalue weighted by Gasteiger charge is 2.39. The van der Waals surface area contributed by atoms with Gasteiger partial charge in [-0.05, 0) is 65.2 Å². The van der Waals surface area contributed by atoms with Crippen LogP contribution in [0.5, 0.6) is 0 Å². The van der Waals surface area contributed by atoms with Crippen molar-refractivity contribution in [3.8, 4) is 0 Å². The normalized spacial score (nSPS) is 19.9. The van der Waals surface area contributed by atoms with E-state index in [-0.39, 0.29) is 42.4 Å². The molecule has 7 rings (SSSR count). The van der Waals surface area contributed by atoms with Gasteiger partial charge in [-0.2, -0.15) is 0 Å². The van der Waals surface area contributed by atoms with Crippen molar-refractivity contribution in [2.45, 2.75) is 51.5 Å². The Morgan fingerprint density at radius 3 is 2.28 bits per heavy atom. The van der Waals surface area contributed by atoms with Gasteiger partial charge in [0.05, 0.1) is 36.0 Å². The van der Waals surface area contributed by atoms with Crippen LogP contribution in [0.15, 0.2) is 121 Å².